The highest BCUT2D eigenvalue weighted by Gasteiger charge is 2.09. The predicted molar refractivity (Wildman–Crippen MR) is 59.8 cm³/mol. The van der Waals surface area contributed by atoms with Crippen LogP contribution in [0.15, 0.2) is 30.0 Å². The highest BCUT2D eigenvalue weighted by Crippen LogP contribution is 2.12. The van der Waals surface area contributed by atoms with Gasteiger partial charge in [-0.1, -0.05) is 19.9 Å². The molecule has 0 aliphatic carbocycles. The Hall–Kier alpha value is -1.05. The largest absolute Gasteiger partial charge is 0.379 e. The second-order valence-electron chi connectivity index (χ2n) is 3.56. The summed E-state index contributed by atoms with van der Waals surface area (Å²) >= 11 is 0. The first-order valence-corrected chi connectivity index (χ1v) is 4.57. The molecule has 0 aliphatic rings. The average molecular weight is 180 g/mol. The summed E-state index contributed by atoms with van der Waals surface area (Å²) in [6, 6.07) is 0. The molecule has 0 spiro atoms. The monoisotopic (exact) mass is 180 g/mol. The van der Waals surface area contributed by atoms with Crippen molar-refractivity contribution in [2.45, 2.75) is 13.8 Å². The highest BCUT2D eigenvalue weighted by atomic mass is 15.1. The lowest BCUT2D eigenvalue weighted by Crippen LogP contribution is -2.22. The van der Waals surface area contributed by atoms with Crippen LogP contribution < -0.4 is 0 Å². The standard InChI is InChI=1S/C11H20N2/c1-6-11(10(2)3)9-13(5)8-7-12-4/h6-8,10-11H,1,4,9H2,2-3,5H3/b8-7-. The smallest absolute Gasteiger partial charge is 0.0419 e. The second kappa shape index (κ2) is 6.46. The van der Waals surface area contributed by atoms with Crippen LogP contribution in [-0.2, 0) is 0 Å². The van der Waals surface area contributed by atoms with Gasteiger partial charge in [0.2, 0.25) is 0 Å². The zero-order valence-corrected chi connectivity index (χ0v) is 8.90. The Morgan fingerprint density at radius 2 is 2.08 bits per heavy atom. The molecule has 2 nitrogen and oxygen atoms in total. The third-order valence-corrected chi connectivity index (χ3v) is 2.08. The van der Waals surface area contributed by atoms with Crippen LogP contribution in [0.2, 0.25) is 0 Å². The van der Waals surface area contributed by atoms with Crippen molar-refractivity contribution >= 4 is 6.72 Å². The van der Waals surface area contributed by atoms with E-state index in [1.807, 2.05) is 19.3 Å². The lowest BCUT2D eigenvalue weighted by molar-refractivity contribution is 0.337. The van der Waals surface area contributed by atoms with Gasteiger partial charge in [-0.3, -0.25) is 4.99 Å². The summed E-state index contributed by atoms with van der Waals surface area (Å²) in [6.07, 6.45) is 5.63. The lowest BCUT2D eigenvalue weighted by atomic mass is 9.96. The van der Waals surface area contributed by atoms with Gasteiger partial charge < -0.3 is 4.90 Å². The molecule has 0 heterocycles. The van der Waals surface area contributed by atoms with Crippen molar-refractivity contribution in [1.29, 1.82) is 0 Å². The second-order valence-corrected chi connectivity index (χ2v) is 3.56. The molecule has 0 fully saturated rings. The topological polar surface area (TPSA) is 15.6 Å². The van der Waals surface area contributed by atoms with Gasteiger partial charge in [-0.15, -0.1) is 6.58 Å². The van der Waals surface area contributed by atoms with Crippen LogP contribution in [0.3, 0.4) is 0 Å². The Labute approximate surface area is 81.7 Å². The fourth-order valence-electron chi connectivity index (χ4n) is 1.11. The van der Waals surface area contributed by atoms with Gasteiger partial charge in [0, 0.05) is 26.0 Å². The quantitative estimate of drug-likeness (QED) is 0.453. The molecule has 0 aromatic carbocycles. The third-order valence-electron chi connectivity index (χ3n) is 2.08. The lowest BCUT2D eigenvalue weighted by Gasteiger charge is -2.22. The molecule has 0 aliphatic heterocycles. The molecule has 0 saturated carbocycles. The Morgan fingerprint density at radius 1 is 1.46 bits per heavy atom. The summed E-state index contributed by atoms with van der Waals surface area (Å²) in [4.78, 5) is 5.75. The van der Waals surface area contributed by atoms with E-state index in [1.165, 1.54) is 0 Å². The molecule has 2 heteroatoms. The molecule has 0 bridgehead atoms. The summed E-state index contributed by atoms with van der Waals surface area (Å²) in [5.74, 6) is 1.16. The maximum Gasteiger partial charge on any atom is 0.0419 e. The van der Waals surface area contributed by atoms with Crippen LogP contribution in [0.25, 0.3) is 0 Å². The van der Waals surface area contributed by atoms with Crippen LogP contribution in [0, 0.1) is 11.8 Å². The van der Waals surface area contributed by atoms with E-state index in [0.29, 0.717) is 11.8 Å². The van der Waals surface area contributed by atoms with Gasteiger partial charge in [-0.2, -0.15) is 0 Å². The zero-order valence-electron chi connectivity index (χ0n) is 8.90. The molecule has 0 radical (unpaired) electrons. The summed E-state index contributed by atoms with van der Waals surface area (Å²) < 4.78 is 0. The average Bonchev–Trinajstić information content (AvgIpc) is 2.10. The Kier molecular flexibility index (Phi) is 5.94. The first-order chi connectivity index (χ1) is 6.11. The maximum absolute atomic E-state index is 3.83. The Bertz CT molecular complexity index is 183. The molecule has 1 atom stereocenters. The Balaban J connectivity index is 4.00. The van der Waals surface area contributed by atoms with Crippen LogP contribution >= 0.6 is 0 Å². The third kappa shape index (κ3) is 5.23. The number of aliphatic imine (C=N–C) groups is 1. The van der Waals surface area contributed by atoms with Gasteiger partial charge in [0.05, 0.1) is 0 Å². The summed E-state index contributed by atoms with van der Waals surface area (Å²) in [6.45, 7) is 12.6. The fourth-order valence-corrected chi connectivity index (χ4v) is 1.11. The van der Waals surface area contributed by atoms with E-state index in [4.69, 9.17) is 0 Å². The minimum Gasteiger partial charge on any atom is -0.379 e. The van der Waals surface area contributed by atoms with Crippen molar-refractivity contribution in [3.05, 3.63) is 25.1 Å². The molecule has 13 heavy (non-hydrogen) atoms. The van der Waals surface area contributed by atoms with Crippen molar-refractivity contribution in [2.75, 3.05) is 13.6 Å². The van der Waals surface area contributed by atoms with E-state index >= 15 is 0 Å². The van der Waals surface area contributed by atoms with E-state index in [-0.39, 0.29) is 0 Å². The van der Waals surface area contributed by atoms with Crippen LogP contribution in [0.1, 0.15) is 13.8 Å². The SMILES string of the molecule is C=CC(CN(C)/C=C\N=C)C(C)C. The van der Waals surface area contributed by atoms with Gasteiger partial charge in [-0.05, 0) is 18.6 Å². The van der Waals surface area contributed by atoms with Crippen molar-refractivity contribution in [3.8, 4) is 0 Å². The van der Waals surface area contributed by atoms with Gasteiger partial charge in [0.25, 0.3) is 0 Å². The molecule has 0 N–H and O–H groups in total. The predicted octanol–water partition coefficient (Wildman–Crippen LogP) is 2.55. The van der Waals surface area contributed by atoms with Crippen molar-refractivity contribution in [2.24, 2.45) is 16.8 Å². The van der Waals surface area contributed by atoms with E-state index in [2.05, 4.69) is 37.0 Å². The minimum atomic E-state index is 0.527. The van der Waals surface area contributed by atoms with Gasteiger partial charge in [-0.25, -0.2) is 0 Å². The number of hydrogen-bond acceptors (Lipinski definition) is 2. The van der Waals surface area contributed by atoms with Crippen LogP contribution in [0.4, 0.5) is 0 Å². The number of nitrogens with zero attached hydrogens (tertiary/aromatic N) is 2. The molecule has 0 rings (SSSR count). The van der Waals surface area contributed by atoms with Gasteiger partial charge in [0.1, 0.15) is 0 Å². The highest BCUT2D eigenvalue weighted by molar-refractivity contribution is 5.25. The van der Waals surface area contributed by atoms with Gasteiger partial charge >= 0.3 is 0 Å². The van der Waals surface area contributed by atoms with E-state index in [0.717, 1.165) is 6.54 Å². The summed E-state index contributed by atoms with van der Waals surface area (Å²) in [5, 5.41) is 0. The van der Waals surface area contributed by atoms with Crippen LogP contribution in [-0.4, -0.2) is 25.2 Å². The zero-order chi connectivity index (χ0) is 10.3. The van der Waals surface area contributed by atoms with E-state index in [9.17, 15) is 0 Å². The molecule has 74 valence electrons. The van der Waals surface area contributed by atoms with Crippen molar-refractivity contribution in [1.82, 2.24) is 4.90 Å². The van der Waals surface area contributed by atoms with Crippen molar-refractivity contribution in [3.63, 3.8) is 0 Å². The Morgan fingerprint density at radius 3 is 2.46 bits per heavy atom. The first kappa shape index (κ1) is 11.9. The summed E-state index contributed by atoms with van der Waals surface area (Å²) in [7, 11) is 2.03. The molecule has 1 unspecified atom stereocenters. The van der Waals surface area contributed by atoms with Gasteiger partial charge in [0.15, 0.2) is 0 Å². The van der Waals surface area contributed by atoms with E-state index in [1.54, 1.807) is 6.20 Å². The first-order valence-electron chi connectivity index (χ1n) is 4.57. The summed E-state index contributed by atoms with van der Waals surface area (Å²) in [5.41, 5.74) is 0. The molecule has 0 amide bonds. The minimum absolute atomic E-state index is 0.527. The molecular formula is C11H20N2. The molecule has 0 aromatic heterocycles. The van der Waals surface area contributed by atoms with Crippen molar-refractivity contribution < 1.29 is 0 Å². The fraction of sp³-hybridized carbons (Fsp3) is 0.545. The molecule has 0 aromatic rings. The van der Waals surface area contributed by atoms with E-state index < -0.39 is 0 Å². The molecule has 0 saturated heterocycles. The maximum atomic E-state index is 3.83. The number of rotatable bonds is 6. The number of hydrogen-bond donors (Lipinski definition) is 0. The van der Waals surface area contributed by atoms with Crippen LogP contribution in [0.5, 0.6) is 0 Å². The normalized spacial score (nSPS) is 13.2. The molecular weight excluding hydrogens is 160 g/mol.